The number of benzene rings is 1. The van der Waals surface area contributed by atoms with E-state index in [1.165, 1.54) is 0 Å². The second-order valence-corrected chi connectivity index (χ2v) is 6.82. The predicted molar refractivity (Wildman–Crippen MR) is 104 cm³/mol. The zero-order valence-corrected chi connectivity index (χ0v) is 15.4. The Morgan fingerprint density at radius 2 is 1.89 bits per heavy atom. The molecule has 4 heterocycles. The molecule has 1 fully saturated rings. The fourth-order valence-corrected chi connectivity index (χ4v) is 3.43. The molecular formula is C20H20N6O2. The summed E-state index contributed by atoms with van der Waals surface area (Å²) in [6.45, 7) is 4.23. The Kier molecular flexibility index (Phi) is 4.46. The highest BCUT2D eigenvalue weighted by atomic mass is 16.4. The molecule has 0 saturated carbocycles. The summed E-state index contributed by atoms with van der Waals surface area (Å²) >= 11 is 0. The van der Waals surface area contributed by atoms with Crippen molar-refractivity contribution in [3.63, 3.8) is 0 Å². The van der Waals surface area contributed by atoms with Crippen LogP contribution >= 0.6 is 0 Å². The molecule has 0 N–H and O–H groups in total. The number of fused-ring (bicyclic) bond motifs is 1. The van der Waals surface area contributed by atoms with E-state index in [0.29, 0.717) is 24.3 Å². The first-order valence-electron chi connectivity index (χ1n) is 9.41. The van der Waals surface area contributed by atoms with Crippen molar-refractivity contribution in [2.24, 2.45) is 0 Å². The van der Waals surface area contributed by atoms with Crippen molar-refractivity contribution in [2.45, 2.75) is 13.0 Å². The lowest BCUT2D eigenvalue weighted by Gasteiger charge is -2.19. The zero-order chi connectivity index (χ0) is 18.8. The third-order valence-corrected chi connectivity index (χ3v) is 4.88. The van der Waals surface area contributed by atoms with E-state index in [-0.39, 0.29) is 0 Å². The topological polar surface area (TPSA) is 84.3 Å². The Labute approximate surface area is 161 Å². The maximum absolute atomic E-state index is 5.92. The van der Waals surface area contributed by atoms with Gasteiger partial charge in [0.15, 0.2) is 5.58 Å². The lowest BCUT2D eigenvalue weighted by atomic mass is 10.3. The minimum atomic E-state index is 0.506. The van der Waals surface area contributed by atoms with Crippen molar-refractivity contribution in [2.75, 3.05) is 31.1 Å². The summed E-state index contributed by atoms with van der Waals surface area (Å²) in [5, 5.41) is 8.34. The first-order chi connectivity index (χ1) is 13.8. The standard InChI is InChI=1S/C20H20N6O2/c1-2-7-17-16(6-1)22-20(27-17)26-10-4-9-25(11-12-26)14-18-23-24-19(28-18)15-5-3-8-21-13-15/h1-3,5-8,13H,4,9-12,14H2. The van der Waals surface area contributed by atoms with Gasteiger partial charge in [0.2, 0.25) is 11.8 Å². The van der Waals surface area contributed by atoms with Crippen molar-refractivity contribution < 1.29 is 8.83 Å². The van der Waals surface area contributed by atoms with Crippen LogP contribution < -0.4 is 4.90 Å². The van der Waals surface area contributed by atoms with Gasteiger partial charge < -0.3 is 13.7 Å². The van der Waals surface area contributed by atoms with Gasteiger partial charge in [-0.2, -0.15) is 4.98 Å². The molecule has 3 aromatic heterocycles. The van der Waals surface area contributed by atoms with Crippen molar-refractivity contribution in [3.05, 3.63) is 54.7 Å². The Bertz CT molecular complexity index is 1030. The number of oxazole rings is 1. The summed E-state index contributed by atoms with van der Waals surface area (Å²) in [4.78, 5) is 13.2. The monoisotopic (exact) mass is 376 g/mol. The van der Waals surface area contributed by atoms with Gasteiger partial charge in [-0.25, -0.2) is 0 Å². The molecule has 8 nitrogen and oxygen atoms in total. The lowest BCUT2D eigenvalue weighted by Crippen LogP contribution is -2.30. The first-order valence-corrected chi connectivity index (χ1v) is 9.41. The Balaban J connectivity index is 1.24. The summed E-state index contributed by atoms with van der Waals surface area (Å²) in [7, 11) is 0. The number of aromatic nitrogens is 4. The van der Waals surface area contributed by atoms with Gasteiger partial charge in [0.1, 0.15) is 5.52 Å². The second-order valence-electron chi connectivity index (χ2n) is 6.82. The SMILES string of the molecule is c1cncc(-c2nnc(CN3CCCN(c4nc5ccccc5o4)CC3)o2)c1. The maximum Gasteiger partial charge on any atom is 0.298 e. The van der Waals surface area contributed by atoms with Crippen molar-refractivity contribution in [3.8, 4) is 11.5 Å². The zero-order valence-electron chi connectivity index (χ0n) is 15.4. The van der Waals surface area contributed by atoms with Gasteiger partial charge in [-0.05, 0) is 30.7 Å². The predicted octanol–water partition coefficient (Wildman–Crippen LogP) is 2.99. The molecule has 0 aliphatic carbocycles. The van der Waals surface area contributed by atoms with E-state index in [1.54, 1.807) is 12.4 Å². The van der Waals surface area contributed by atoms with Gasteiger partial charge in [-0.1, -0.05) is 12.1 Å². The van der Waals surface area contributed by atoms with Gasteiger partial charge in [0, 0.05) is 38.6 Å². The van der Waals surface area contributed by atoms with Crippen LogP contribution in [-0.4, -0.2) is 51.2 Å². The molecule has 28 heavy (non-hydrogen) atoms. The number of anilines is 1. The molecule has 0 bridgehead atoms. The molecule has 1 aromatic carbocycles. The number of rotatable bonds is 4. The lowest BCUT2D eigenvalue weighted by molar-refractivity contribution is 0.256. The van der Waals surface area contributed by atoms with E-state index in [2.05, 4.69) is 30.0 Å². The number of para-hydroxylation sites is 2. The highest BCUT2D eigenvalue weighted by Gasteiger charge is 2.21. The fraction of sp³-hybridized carbons (Fsp3) is 0.300. The smallest absolute Gasteiger partial charge is 0.298 e. The van der Waals surface area contributed by atoms with Crippen LogP contribution in [0.3, 0.4) is 0 Å². The van der Waals surface area contributed by atoms with Gasteiger partial charge in [-0.15, -0.1) is 10.2 Å². The van der Waals surface area contributed by atoms with Crippen molar-refractivity contribution in [1.82, 2.24) is 25.1 Å². The van der Waals surface area contributed by atoms with Gasteiger partial charge in [0.05, 0.1) is 12.1 Å². The molecule has 0 atom stereocenters. The van der Waals surface area contributed by atoms with E-state index in [9.17, 15) is 0 Å². The molecule has 0 radical (unpaired) electrons. The van der Waals surface area contributed by atoms with E-state index in [0.717, 1.165) is 49.3 Å². The van der Waals surface area contributed by atoms with Crippen LogP contribution in [0.4, 0.5) is 6.01 Å². The van der Waals surface area contributed by atoms with Crippen LogP contribution in [-0.2, 0) is 6.54 Å². The number of pyridine rings is 1. The van der Waals surface area contributed by atoms with Crippen LogP contribution in [0.15, 0.2) is 57.6 Å². The number of hydrogen-bond donors (Lipinski definition) is 0. The molecule has 0 unspecified atom stereocenters. The molecule has 1 saturated heterocycles. The molecule has 142 valence electrons. The molecule has 5 rings (SSSR count). The molecule has 8 heteroatoms. The van der Waals surface area contributed by atoms with E-state index < -0.39 is 0 Å². The average Bonchev–Trinajstić information content (AvgIpc) is 3.31. The summed E-state index contributed by atoms with van der Waals surface area (Å²) < 4.78 is 11.7. The summed E-state index contributed by atoms with van der Waals surface area (Å²) in [5.41, 5.74) is 2.55. The minimum Gasteiger partial charge on any atom is -0.423 e. The molecule has 0 amide bonds. The molecule has 1 aliphatic rings. The van der Waals surface area contributed by atoms with Crippen molar-refractivity contribution >= 4 is 17.1 Å². The Morgan fingerprint density at radius 1 is 0.929 bits per heavy atom. The Hall–Kier alpha value is -3.26. The third kappa shape index (κ3) is 3.46. The van der Waals surface area contributed by atoms with Gasteiger partial charge in [-0.3, -0.25) is 9.88 Å². The molecule has 0 spiro atoms. The van der Waals surface area contributed by atoms with Crippen LogP contribution in [0, 0.1) is 0 Å². The summed E-state index contributed by atoms with van der Waals surface area (Å²) in [5.74, 6) is 1.13. The summed E-state index contributed by atoms with van der Waals surface area (Å²) in [6.07, 6.45) is 4.46. The molecular weight excluding hydrogens is 356 g/mol. The van der Waals surface area contributed by atoms with Crippen LogP contribution in [0.5, 0.6) is 0 Å². The van der Waals surface area contributed by atoms with Crippen LogP contribution in [0.2, 0.25) is 0 Å². The number of nitrogens with zero attached hydrogens (tertiary/aromatic N) is 6. The number of hydrogen-bond acceptors (Lipinski definition) is 8. The summed E-state index contributed by atoms with van der Waals surface area (Å²) in [6, 6.07) is 12.3. The first kappa shape index (κ1) is 16.9. The fourth-order valence-electron chi connectivity index (χ4n) is 3.43. The highest BCUT2D eigenvalue weighted by molar-refractivity contribution is 5.74. The van der Waals surface area contributed by atoms with Gasteiger partial charge >= 0.3 is 0 Å². The molecule has 4 aromatic rings. The van der Waals surface area contributed by atoms with Crippen molar-refractivity contribution in [1.29, 1.82) is 0 Å². The quantitative estimate of drug-likeness (QED) is 0.537. The largest absolute Gasteiger partial charge is 0.423 e. The Morgan fingerprint density at radius 3 is 2.79 bits per heavy atom. The van der Waals surface area contributed by atoms with Gasteiger partial charge in [0.25, 0.3) is 6.01 Å². The maximum atomic E-state index is 5.92. The normalized spacial score (nSPS) is 15.8. The highest BCUT2D eigenvalue weighted by Crippen LogP contribution is 2.23. The third-order valence-electron chi connectivity index (χ3n) is 4.88. The van der Waals surface area contributed by atoms with Crippen LogP contribution in [0.1, 0.15) is 12.3 Å². The van der Waals surface area contributed by atoms with E-state index in [4.69, 9.17) is 8.83 Å². The van der Waals surface area contributed by atoms with E-state index in [1.807, 2.05) is 36.4 Å². The molecule has 1 aliphatic heterocycles. The van der Waals surface area contributed by atoms with Crippen LogP contribution in [0.25, 0.3) is 22.6 Å². The second kappa shape index (κ2) is 7.40. The van der Waals surface area contributed by atoms with E-state index >= 15 is 0 Å². The average molecular weight is 376 g/mol. The minimum absolute atomic E-state index is 0.506.